The molecule has 0 atom stereocenters. The highest BCUT2D eigenvalue weighted by Gasteiger charge is 2.37. The Balaban J connectivity index is 1.73. The minimum Gasteiger partial charge on any atom is -0.311 e. The van der Waals surface area contributed by atoms with Crippen LogP contribution in [0, 0.1) is 13.8 Å². The molecule has 38 heavy (non-hydrogen) atoms. The van der Waals surface area contributed by atoms with Crippen LogP contribution < -0.4 is 4.90 Å². The molecule has 1 aliphatic carbocycles. The minimum atomic E-state index is -0.102. The molecule has 190 valence electrons. The zero-order chi connectivity index (χ0) is 27.0. The van der Waals surface area contributed by atoms with E-state index in [4.69, 9.17) is 0 Å². The van der Waals surface area contributed by atoms with Crippen LogP contribution in [0.4, 0.5) is 11.4 Å². The average molecular weight is 514 g/mol. The van der Waals surface area contributed by atoms with Crippen LogP contribution >= 0.6 is 11.3 Å². The van der Waals surface area contributed by atoms with Gasteiger partial charge in [-0.05, 0) is 90.4 Å². The van der Waals surface area contributed by atoms with Gasteiger partial charge in [-0.2, -0.15) is 0 Å². The van der Waals surface area contributed by atoms with Crippen molar-refractivity contribution in [1.29, 1.82) is 0 Å². The molecule has 1 heterocycles. The number of hydrogen-bond acceptors (Lipinski definition) is 2. The average Bonchev–Trinajstić information content (AvgIpc) is 3.35. The third-order valence-electron chi connectivity index (χ3n) is 7.62. The van der Waals surface area contributed by atoms with Crippen molar-refractivity contribution in [3.05, 3.63) is 137 Å². The van der Waals surface area contributed by atoms with Crippen molar-refractivity contribution in [2.45, 2.75) is 40.0 Å². The van der Waals surface area contributed by atoms with Crippen molar-refractivity contribution >= 4 is 38.9 Å². The van der Waals surface area contributed by atoms with Gasteiger partial charge < -0.3 is 4.90 Å². The molecule has 0 saturated heterocycles. The predicted molar refractivity (Wildman–Crippen MR) is 170 cm³/mol. The second kappa shape index (κ2) is 10.1. The smallest absolute Gasteiger partial charge is 0.0464 e. The third kappa shape index (κ3) is 4.19. The van der Waals surface area contributed by atoms with E-state index in [0.717, 1.165) is 17.1 Å². The molecule has 1 nitrogen and oxygen atoms in total. The van der Waals surface area contributed by atoms with Crippen LogP contribution in [0.15, 0.2) is 110 Å². The molecular formula is C36H35NS. The Labute approximate surface area is 231 Å². The second-order valence-corrected chi connectivity index (χ2v) is 11.4. The van der Waals surface area contributed by atoms with Gasteiger partial charge in [0.25, 0.3) is 0 Å². The number of allylic oxidation sites excluding steroid dienone is 6. The van der Waals surface area contributed by atoms with E-state index in [2.05, 4.69) is 126 Å². The first-order valence-corrected chi connectivity index (χ1v) is 14.0. The number of aryl methyl sites for hydroxylation is 2. The molecule has 5 rings (SSSR count). The van der Waals surface area contributed by atoms with Gasteiger partial charge in [0.15, 0.2) is 0 Å². The van der Waals surface area contributed by atoms with E-state index in [0.29, 0.717) is 0 Å². The van der Waals surface area contributed by atoms with E-state index in [1.807, 2.05) is 35.6 Å². The second-order valence-electron chi connectivity index (χ2n) is 10.4. The highest BCUT2D eigenvalue weighted by molar-refractivity contribution is 7.20. The van der Waals surface area contributed by atoms with Crippen molar-refractivity contribution in [2.75, 3.05) is 4.90 Å². The molecule has 1 aliphatic rings. The summed E-state index contributed by atoms with van der Waals surface area (Å²) in [5, 5.41) is 1.34. The minimum absolute atomic E-state index is 0.102. The van der Waals surface area contributed by atoms with Crippen molar-refractivity contribution in [3.8, 4) is 11.1 Å². The zero-order valence-electron chi connectivity index (χ0n) is 23.0. The summed E-state index contributed by atoms with van der Waals surface area (Å²) in [6.07, 6.45) is 14.2. The molecule has 0 spiro atoms. The first kappa shape index (κ1) is 25.8. The third-order valence-corrected chi connectivity index (χ3v) is 8.91. The van der Waals surface area contributed by atoms with Gasteiger partial charge in [-0.3, -0.25) is 0 Å². The van der Waals surface area contributed by atoms with Gasteiger partial charge in [0, 0.05) is 37.6 Å². The van der Waals surface area contributed by atoms with Gasteiger partial charge in [0.2, 0.25) is 0 Å². The molecule has 0 fully saturated rings. The number of benzene rings is 3. The summed E-state index contributed by atoms with van der Waals surface area (Å²) < 4.78 is 1.38. The molecule has 2 heteroatoms. The number of rotatable bonds is 7. The number of hydrogen-bond donors (Lipinski definition) is 0. The molecule has 1 aromatic heterocycles. The van der Waals surface area contributed by atoms with Gasteiger partial charge >= 0.3 is 0 Å². The van der Waals surface area contributed by atoms with Crippen molar-refractivity contribution in [1.82, 2.24) is 0 Å². The Morgan fingerprint density at radius 1 is 0.895 bits per heavy atom. The number of fused-ring (bicyclic) bond motifs is 5. The Morgan fingerprint density at radius 2 is 1.66 bits per heavy atom. The molecule has 0 saturated carbocycles. The van der Waals surface area contributed by atoms with Gasteiger partial charge in [-0.1, -0.05) is 87.7 Å². The fraction of sp³-hybridized carbons (Fsp3) is 0.167. The van der Waals surface area contributed by atoms with Gasteiger partial charge in [-0.25, -0.2) is 0 Å². The summed E-state index contributed by atoms with van der Waals surface area (Å²) in [6.45, 7) is 18.9. The molecule has 0 bridgehead atoms. The summed E-state index contributed by atoms with van der Waals surface area (Å²) >= 11 is 1.89. The Bertz CT molecular complexity index is 1650. The lowest BCUT2D eigenvalue weighted by atomic mass is 9.82. The van der Waals surface area contributed by atoms with E-state index in [-0.39, 0.29) is 5.41 Å². The lowest BCUT2D eigenvalue weighted by Gasteiger charge is -2.29. The highest BCUT2D eigenvalue weighted by Crippen LogP contribution is 2.54. The molecule has 0 unspecified atom stereocenters. The molecule has 3 aromatic carbocycles. The molecule has 0 radical (unpaired) electrons. The predicted octanol–water partition coefficient (Wildman–Crippen LogP) is 10.8. The molecular weight excluding hydrogens is 478 g/mol. The topological polar surface area (TPSA) is 3.24 Å². The van der Waals surface area contributed by atoms with Gasteiger partial charge in [0.05, 0.1) is 0 Å². The summed E-state index contributed by atoms with van der Waals surface area (Å²) in [4.78, 5) is 3.64. The van der Waals surface area contributed by atoms with E-state index >= 15 is 0 Å². The summed E-state index contributed by atoms with van der Waals surface area (Å²) in [5.41, 5.74) is 11.4. The van der Waals surface area contributed by atoms with Crippen LogP contribution in [0.1, 0.15) is 47.9 Å². The number of anilines is 2. The van der Waals surface area contributed by atoms with Crippen molar-refractivity contribution in [2.24, 2.45) is 0 Å². The number of thiophene rings is 1. The van der Waals surface area contributed by atoms with E-state index < -0.39 is 0 Å². The largest absolute Gasteiger partial charge is 0.311 e. The fourth-order valence-electron chi connectivity index (χ4n) is 5.64. The van der Waals surface area contributed by atoms with Crippen molar-refractivity contribution in [3.63, 3.8) is 0 Å². The zero-order valence-corrected chi connectivity index (χ0v) is 23.8. The lowest BCUT2D eigenvalue weighted by molar-refractivity contribution is 0.661. The number of nitrogens with zero attached hydrogens (tertiary/aromatic N) is 1. The SMILES string of the molecule is C=C/C=C\C(=C/C)N(c1cccc(C)c1)c1ccc2c(c1)C(C)(C)c1ccc3c(C)c(/C=C\C=C)sc3c1-2. The Morgan fingerprint density at radius 3 is 2.37 bits per heavy atom. The van der Waals surface area contributed by atoms with Crippen LogP contribution in [0.3, 0.4) is 0 Å². The summed E-state index contributed by atoms with van der Waals surface area (Å²) in [6, 6.07) is 20.4. The van der Waals surface area contributed by atoms with Crippen LogP contribution in [-0.4, -0.2) is 0 Å². The molecule has 4 aromatic rings. The molecule has 0 aliphatic heterocycles. The molecule has 0 N–H and O–H groups in total. The normalized spacial score (nSPS) is 14.3. The van der Waals surface area contributed by atoms with Gasteiger partial charge in [-0.15, -0.1) is 11.3 Å². The van der Waals surface area contributed by atoms with Crippen molar-refractivity contribution < 1.29 is 0 Å². The Hall–Kier alpha value is -3.88. The van der Waals surface area contributed by atoms with E-state index in [1.54, 1.807) is 0 Å². The summed E-state index contributed by atoms with van der Waals surface area (Å²) in [5.74, 6) is 0. The highest BCUT2D eigenvalue weighted by atomic mass is 32.1. The van der Waals surface area contributed by atoms with Crippen LogP contribution in [0.25, 0.3) is 27.3 Å². The lowest BCUT2D eigenvalue weighted by Crippen LogP contribution is -2.18. The quantitative estimate of drug-likeness (QED) is 0.222. The van der Waals surface area contributed by atoms with Crippen LogP contribution in [0.2, 0.25) is 0 Å². The maximum Gasteiger partial charge on any atom is 0.0464 e. The Kier molecular flexibility index (Phi) is 6.86. The van der Waals surface area contributed by atoms with Crippen LogP contribution in [-0.2, 0) is 5.41 Å². The van der Waals surface area contributed by atoms with Crippen LogP contribution in [0.5, 0.6) is 0 Å². The maximum absolute atomic E-state index is 3.88. The standard InChI is InChI=1S/C36H35NS/c1-8-11-15-26(10-3)37(27-16-13-14-24(4)22-27)28-18-19-30-32(23-28)36(6,7)31-21-20-29-25(5)33(17-12-9-2)38-35(29)34(30)31/h8-23H,1-2H2,3-7H3/b15-11-,17-12-,26-10+. The monoisotopic (exact) mass is 513 g/mol. The van der Waals surface area contributed by atoms with E-state index in [9.17, 15) is 0 Å². The molecule has 0 amide bonds. The fourth-order valence-corrected chi connectivity index (χ4v) is 6.92. The van der Waals surface area contributed by atoms with Gasteiger partial charge in [0.1, 0.15) is 0 Å². The first-order valence-electron chi connectivity index (χ1n) is 13.1. The maximum atomic E-state index is 3.88. The summed E-state index contributed by atoms with van der Waals surface area (Å²) in [7, 11) is 0. The van der Waals surface area contributed by atoms with E-state index in [1.165, 1.54) is 48.3 Å². The first-order chi connectivity index (χ1) is 18.3.